The highest BCUT2D eigenvalue weighted by atomic mass is 16.5. The van der Waals surface area contributed by atoms with Gasteiger partial charge in [-0.15, -0.1) is 0 Å². The highest BCUT2D eigenvalue weighted by Crippen LogP contribution is 2.47. The summed E-state index contributed by atoms with van der Waals surface area (Å²) in [6.07, 6.45) is 5.70. The molecule has 33 heavy (non-hydrogen) atoms. The van der Waals surface area contributed by atoms with E-state index < -0.39 is 0 Å². The van der Waals surface area contributed by atoms with Crippen LogP contribution >= 0.6 is 0 Å². The van der Waals surface area contributed by atoms with E-state index in [1.54, 1.807) is 0 Å². The number of nitrogens with one attached hydrogen (secondary N) is 1. The van der Waals surface area contributed by atoms with Crippen molar-refractivity contribution in [3.05, 3.63) is 28.3 Å². The second kappa shape index (κ2) is 8.51. The molecule has 1 atom stereocenters. The number of carbonyl (C=O) groups is 1. The number of ether oxygens (including phenoxy) is 1. The van der Waals surface area contributed by atoms with Crippen molar-refractivity contribution in [2.24, 2.45) is 11.8 Å². The van der Waals surface area contributed by atoms with E-state index in [1.807, 2.05) is 4.90 Å². The van der Waals surface area contributed by atoms with Gasteiger partial charge < -0.3 is 19.9 Å². The Kier molecular flexibility index (Phi) is 5.81. The van der Waals surface area contributed by atoms with Crippen LogP contribution in [-0.4, -0.2) is 48.8 Å². The van der Waals surface area contributed by atoms with E-state index in [4.69, 9.17) is 4.74 Å². The van der Waals surface area contributed by atoms with Crippen LogP contribution in [0.2, 0.25) is 0 Å². The highest BCUT2D eigenvalue weighted by molar-refractivity contribution is 5.75. The first-order chi connectivity index (χ1) is 15.8. The van der Waals surface area contributed by atoms with Crippen LogP contribution in [0.15, 0.2) is 6.07 Å². The van der Waals surface area contributed by atoms with Crippen LogP contribution in [0.25, 0.3) is 0 Å². The second-order valence-corrected chi connectivity index (χ2v) is 11.5. The van der Waals surface area contributed by atoms with Gasteiger partial charge in [0, 0.05) is 32.6 Å². The standard InChI is InChI=1S/C27H38N4O2/c1-17(2)25-15-30(9-10-31(25)26(32)29-14-18-5-6-18)24-11-20(19-7-8-19)23-16-33-27(3,4)12-21(23)22(24)13-28/h11,17-19,25H,5-10,12,14-16H2,1-4H3,(H,29,32). The van der Waals surface area contributed by atoms with Crippen molar-refractivity contribution >= 4 is 11.7 Å². The summed E-state index contributed by atoms with van der Waals surface area (Å²) in [5, 5.41) is 13.4. The number of hydrogen-bond acceptors (Lipinski definition) is 4. The average Bonchev–Trinajstić information content (AvgIpc) is 3.69. The van der Waals surface area contributed by atoms with E-state index >= 15 is 0 Å². The Balaban J connectivity index is 1.44. The minimum absolute atomic E-state index is 0.0729. The van der Waals surface area contributed by atoms with Gasteiger partial charge in [0.25, 0.3) is 0 Å². The lowest BCUT2D eigenvalue weighted by Crippen LogP contribution is -2.59. The molecule has 2 aliphatic heterocycles. The fourth-order valence-corrected chi connectivity index (χ4v) is 5.54. The molecular formula is C27H38N4O2. The van der Waals surface area contributed by atoms with Crippen LogP contribution in [0.4, 0.5) is 10.5 Å². The molecule has 6 nitrogen and oxygen atoms in total. The number of anilines is 1. The van der Waals surface area contributed by atoms with Crippen molar-refractivity contribution in [3.63, 3.8) is 0 Å². The summed E-state index contributed by atoms with van der Waals surface area (Å²) in [5.74, 6) is 1.62. The first-order valence-corrected chi connectivity index (χ1v) is 12.8. The van der Waals surface area contributed by atoms with Crippen LogP contribution < -0.4 is 10.2 Å². The Morgan fingerprint density at radius 3 is 2.64 bits per heavy atom. The molecule has 3 fully saturated rings. The number of nitriles is 1. The van der Waals surface area contributed by atoms with E-state index in [9.17, 15) is 10.1 Å². The van der Waals surface area contributed by atoms with Crippen molar-refractivity contribution in [1.82, 2.24) is 10.2 Å². The molecule has 1 aromatic rings. The number of hydrogen-bond donors (Lipinski definition) is 1. The van der Waals surface area contributed by atoms with Crippen molar-refractivity contribution in [3.8, 4) is 6.07 Å². The van der Waals surface area contributed by atoms with Crippen LogP contribution in [0.1, 0.15) is 81.5 Å². The molecule has 2 aliphatic carbocycles. The summed E-state index contributed by atoms with van der Waals surface area (Å²) in [7, 11) is 0. The third-order valence-corrected chi connectivity index (χ3v) is 7.93. The fraction of sp³-hybridized carbons (Fsp3) is 0.704. The van der Waals surface area contributed by atoms with Crippen LogP contribution in [0.3, 0.4) is 0 Å². The minimum Gasteiger partial charge on any atom is -0.371 e. The van der Waals surface area contributed by atoms with E-state index in [0.29, 0.717) is 30.9 Å². The number of piperazine rings is 1. The van der Waals surface area contributed by atoms with Crippen molar-refractivity contribution in [1.29, 1.82) is 5.26 Å². The van der Waals surface area contributed by atoms with E-state index in [2.05, 4.69) is 50.0 Å². The molecule has 178 valence electrons. The molecule has 4 aliphatic rings. The van der Waals surface area contributed by atoms with Crippen LogP contribution in [0.5, 0.6) is 0 Å². The molecule has 2 saturated carbocycles. The molecule has 1 aromatic carbocycles. The SMILES string of the molecule is CC(C)C1CN(c2cc(C3CC3)c3c(c2C#N)CC(C)(C)OC3)CCN1C(=O)NCC1CC1. The molecule has 0 aromatic heterocycles. The minimum atomic E-state index is -0.253. The van der Waals surface area contributed by atoms with Gasteiger partial charge in [-0.25, -0.2) is 4.79 Å². The number of urea groups is 1. The monoisotopic (exact) mass is 450 g/mol. The molecule has 0 spiro atoms. The zero-order valence-electron chi connectivity index (χ0n) is 20.6. The van der Waals surface area contributed by atoms with Gasteiger partial charge in [0.05, 0.1) is 29.5 Å². The van der Waals surface area contributed by atoms with E-state index in [0.717, 1.165) is 37.3 Å². The number of benzene rings is 1. The molecule has 2 heterocycles. The molecule has 6 heteroatoms. The lowest BCUT2D eigenvalue weighted by molar-refractivity contribution is -0.0405. The van der Waals surface area contributed by atoms with Gasteiger partial charge in [-0.05, 0) is 80.0 Å². The lowest BCUT2D eigenvalue weighted by atomic mass is 9.83. The first-order valence-electron chi connectivity index (χ1n) is 12.8. The van der Waals surface area contributed by atoms with Gasteiger partial charge in [-0.1, -0.05) is 13.8 Å². The molecule has 1 saturated heterocycles. The Labute approximate surface area is 198 Å². The maximum Gasteiger partial charge on any atom is 0.317 e. The summed E-state index contributed by atoms with van der Waals surface area (Å²) in [6, 6.07) is 5.06. The summed E-state index contributed by atoms with van der Waals surface area (Å²) < 4.78 is 6.15. The maximum absolute atomic E-state index is 13.0. The number of rotatable bonds is 5. The second-order valence-electron chi connectivity index (χ2n) is 11.5. The quantitative estimate of drug-likeness (QED) is 0.714. The van der Waals surface area contributed by atoms with Crippen molar-refractivity contribution in [2.45, 2.75) is 84.0 Å². The predicted octanol–water partition coefficient (Wildman–Crippen LogP) is 4.55. The Bertz CT molecular complexity index is 971. The summed E-state index contributed by atoms with van der Waals surface area (Å²) >= 11 is 0. The first kappa shape index (κ1) is 22.5. The maximum atomic E-state index is 13.0. The van der Waals surface area contributed by atoms with Crippen LogP contribution in [-0.2, 0) is 17.8 Å². The number of nitrogens with zero attached hydrogens (tertiary/aromatic N) is 3. The van der Waals surface area contributed by atoms with Crippen molar-refractivity contribution < 1.29 is 9.53 Å². The molecule has 0 radical (unpaired) electrons. The number of carbonyl (C=O) groups excluding carboxylic acids is 1. The lowest BCUT2D eigenvalue weighted by Gasteiger charge is -2.45. The number of amides is 2. The summed E-state index contributed by atoms with van der Waals surface area (Å²) in [4.78, 5) is 17.4. The largest absolute Gasteiger partial charge is 0.371 e. The van der Waals surface area contributed by atoms with Gasteiger partial charge in [-0.3, -0.25) is 0 Å². The van der Waals surface area contributed by atoms with Gasteiger partial charge in [0.2, 0.25) is 0 Å². The topological polar surface area (TPSA) is 68.6 Å². The van der Waals surface area contributed by atoms with E-state index in [1.165, 1.54) is 42.4 Å². The Hall–Kier alpha value is -2.26. The number of fused-ring (bicyclic) bond motifs is 1. The van der Waals surface area contributed by atoms with Crippen molar-refractivity contribution in [2.75, 3.05) is 31.1 Å². The van der Waals surface area contributed by atoms with Gasteiger partial charge in [0.1, 0.15) is 6.07 Å². The molecule has 1 N–H and O–H groups in total. The summed E-state index contributed by atoms with van der Waals surface area (Å²) in [6.45, 7) is 12.3. The molecular weight excluding hydrogens is 412 g/mol. The Morgan fingerprint density at radius 1 is 1.24 bits per heavy atom. The molecule has 5 rings (SSSR count). The Morgan fingerprint density at radius 2 is 2.00 bits per heavy atom. The zero-order valence-corrected chi connectivity index (χ0v) is 20.6. The van der Waals surface area contributed by atoms with Gasteiger partial charge in [0.15, 0.2) is 0 Å². The molecule has 0 bridgehead atoms. The highest BCUT2D eigenvalue weighted by Gasteiger charge is 2.38. The third kappa shape index (κ3) is 4.57. The molecule has 1 unspecified atom stereocenters. The zero-order chi connectivity index (χ0) is 23.3. The molecule has 2 amide bonds. The third-order valence-electron chi connectivity index (χ3n) is 7.93. The summed E-state index contributed by atoms with van der Waals surface area (Å²) in [5.41, 5.74) is 5.48. The average molecular weight is 451 g/mol. The van der Waals surface area contributed by atoms with E-state index in [-0.39, 0.29) is 17.7 Å². The smallest absolute Gasteiger partial charge is 0.317 e. The van der Waals surface area contributed by atoms with Gasteiger partial charge in [-0.2, -0.15) is 5.26 Å². The normalized spacial score (nSPS) is 24.4. The predicted molar refractivity (Wildman–Crippen MR) is 129 cm³/mol. The fourth-order valence-electron chi connectivity index (χ4n) is 5.54. The van der Waals surface area contributed by atoms with Crippen LogP contribution in [0, 0.1) is 23.2 Å². The van der Waals surface area contributed by atoms with Gasteiger partial charge >= 0.3 is 6.03 Å².